The van der Waals surface area contributed by atoms with E-state index in [1.807, 2.05) is 17.7 Å². The Morgan fingerprint density at radius 2 is 2.11 bits per heavy atom. The van der Waals surface area contributed by atoms with E-state index in [1.54, 1.807) is 31.0 Å². The second kappa shape index (κ2) is 8.94. The molecule has 1 atom stereocenters. The Morgan fingerprint density at radius 1 is 1.29 bits per heavy atom. The molecule has 9 heteroatoms. The van der Waals surface area contributed by atoms with E-state index in [-0.39, 0.29) is 5.91 Å². The van der Waals surface area contributed by atoms with Gasteiger partial charge in [0.25, 0.3) is 0 Å². The molecule has 0 bridgehead atoms. The Kier molecular flexibility index (Phi) is 6.37. The van der Waals surface area contributed by atoms with Gasteiger partial charge in [0.2, 0.25) is 11.8 Å². The van der Waals surface area contributed by atoms with E-state index in [9.17, 15) is 4.79 Å². The van der Waals surface area contributed by atoms with Crippen LogP contribution in [0.2, 0.25) is 0 Å². The Morgan fingerprint density at radius 3 is 2.82 bits per heavy atom. The van der Waals surface area contributed by atoms with Gasteiger partial charge in [-0.25, -0.2) is 15.0 Å². The molecule has 0 radical (unpaired) electrons. The number of carbonyl (C=O) groups excluding carboxylic acids is 1. The third-order valence-corrected chi connectivity index (χ3v) is 4.89. The highest BCUT2D eigenvalue weighted by molar-refractivity contribution is 7.16. The Bertz CT molecular complexity index is 955. The molecule has 8 nitrogen and oxygen atoms in total. The van der Waals surface area contributed by atoms with Crippen molar-refractivity contribution < 1.29 is 9.21 Å². The fourth-order valence-corrected chi connectivity index (χ4v) is 3.29. The fraction of sp³-hybridized carbons (Fsp3) is 0.368. The summed E-state index contributed by atoms with van der Waals surface area (Å²) in [7, 11) is 1.87. The maximum absolute atomic E-state index is 12.3. The molecule has 0 saturated heterocycles. The predicted octanol–water partition coefficient (Wildman–Crippen LogP) is 2.74. The molecule has 0 aromatic carbocycles. The van der Waals surface area contributed by atoms with Crippen LogP contribution in [0.1, 0.15) is 36.1 Å². The number of oxazole rings is 1. The summed E-state index contributed by atoms with van der Waals surface area (Å²) in [6, 6.07) is -0.676. The van der Waals surface area contributed by atoms with E-state index < -0.39 is 6.04 Å². The Balaban J connectivity index is 1.55. The monoisotopic (exact) mass is 400 g/mol. The maximum Gasteiger partial charge on any atom is 0.243 e. The highest BCUT2D eigenvalue weighted by Crippen LogP contribution is 2.21. The van der Waals surface area contributed by atoms with Gasteiger partial charge < -0.3 is 20.0 Å². The van der Waals surface area contributed by atoms with Gasteiger partial charge in [0.05, 0.1) is 18.6 Å². The van der Waals surface area contributed by atoms with Gasteiger partial charge >= 0.3 is 0 Å². The lowest BCUT2D eigenvalue weighted by molar-refractivity contribution is -0.117. The molecule has 0 aliphatic rings. The van der Waals surface area contributed by atoms with Gasteiger partial charge in [-0.1, -0.05) is 25.2 Å². The molecule has 0 aliphatic heterocycles. The maximum atomic E-state index is 12.3. The van der Waals surface area contributed by atoms with Crippen molar-refractivity contribution in [1.82, 2.24) is 19.5 Å². The number of nitrogens with two attached hydrogens (primary N) is 1. The molecule has 0 spiro atoms. The molecular weight excluding hydrogens is 376 g/mol. The lowest BCUT2D eigenvalue weighted by Gasteiger charge is -2.10. The van der Waals surface area contributed by atoms with Crippen LogP contribution in [0.5, 0.6) is 0 Å². The van der Waals surface area contributed by atoms with Gasteiger partial charge in [0, 0.05) is 48.9 Å². The highest BCUT2D eigenvalue weighted by Gasteiger charge is 2.17. The number of thiazole rings is 1. The van der Waals surface area contributed by atoms with Crippen LogP contribution in [0, 0.1) is 5.92 Å². The molecule has 3 heterocycles. The summed E-state index contributed by atoms with van der Waals surface area (Å²) >= 11 is 1.35. The molecule has 28 heavy (non-hydrogen) atoms. The van der Waals surface area contributed by atoms with E-state index in [4.69, 9.17) is 10.2 Å². The number of aromatic nitrogens is 4. The summed E-state index contributed by atoms with van der Waals surface area (Å²) in [6.45, 7) is 4.27. The lowest BCUT2D eigenvalue weighted by Crippen LogP contribution is -2.37. The van der Waals surface area contributed by atoms with Crippen molar-refractivity contribution in [2.24, 2.45) is 18.7 Å². The summed E-state index contributed by atoms with van der Waals surface area (Å²) in [5, 5.41) is 3.26. The molecule has 0 fully saturated rings. The Labute approximate surface area is 167 Å². The highest BCUT2D eigenvalue weighted by atomic mass is 32.1. The summed E-state index contributed by atoms with van der Waals surface area (Å²) in [4.78, 5) is 25.7. The minimum absolute atomic E-state index is 0.280. The van der Waals surface area contributed by atoms with E-state index >= 15 is 0 Å². The van der Waals surface area contributed by atoms with Gasteiger partial charge in [0.15, 0.2) is 5.13 Å². The van der Waals surface area contributed by atoms with E-state index in [1.165, 1.54) is 11.3 Å². The van der Waals surface area contributed by atoms with E-state index in [0.29, 0.717) is 23.4 Å². The third kappa shape index (κ3) is 5.37. The number of carbonyl (C=O) groups is 1. The first kappa shape index (κ1) is 20.0. The zero-order valence-corrected chi connectivity index (χ0v) is 16.9. The second-order valence-electron chi connectivity index (χ2n) is 6.96. The van der Waals surface area contributed by atoms with Crippen molar-refractivity contribution in [3.05, 3.63) is 47.1 Å². The van der Waals surface area contributed by atoms with Crippen LogP contribution in [-0.2, 0) is 24.7 Å². The van der Waals surface area contributed by atoms with E-state index in [2.05, 4.69) is 34.1 Å². The smallest absolute Gasteiger partial charge is 0.243 e. The number of amides is 1. The molecular formula is C19H24N6O2S. The zero-order valence-electron chi connectivity index (χ0n) is 16.1. The molecule has 1 unspecified atom stereocenters. The van der Waals surface area contributed by atoms with Crippen molar-refractivity contribution in [3.8, 4) is 0 Å². The number of hydrogen-bond acceptors (Lipinski definition) is 7. The summed E-state index contributed by atoms with van der Waals surface area (Å²) in [6.07, 6.45) is 11.7. The number of imidazole rings is 1. The van der Waals surface area contributed by atoms with Gasteiger partial charge in [-0.15, -0.1) is 0 Å². The normalized spacial score (nSPS) is 12.8. The summed E-state index contributed by atoms with van der Waals surface area (Å²) in [5.74, 6) is 1.65. The standard InChI is InChI=1S/C19H24N6O2S/c1-12(2)6-14-9-22-17(27-14)5-4-15-10-23-19(28-15)24-18(26)16(20)7-13-8-21-11-25(13)3/h4-5,8-12,16H,6-7,20H2,1-3H3,(H,23,24,26)/b5-4+. The number of anilines is 1. The SMILES string of the molecule is CC(C)Cc1cnc(/C=C/c2cnc(NC(=O)C(N)Cc3cncn3C)s2)o1. The largest absolute Gasteiger partial charge is 0.442 e. The predicted molar refractivity (Wildman–Crippen MR) is 110 cm³/mol. The first-order valence-corrected chi connectivity index (χ1v) is 9.82. The van der Waals surface area contributed by atoms with Crippen LogP contribution in [0.4, 0.5) is 5.13 Å². The van der Waals surface area contributed by atoms with Crippen molar-refractivity contribution in [1.29, 1.82) is 0 Å². The molecule has 148 valence electrons. The minimum atomic E-state index is -0.676. The fourth-order valence-electron chi connectivity index (χ4n) is 2.57. The third-order valence-electron chi connectivity index (χ3n) is 4.01. The number of rotatable bonds is 8. The average Bonchev–Trinajstić information content (AvgIpc) is 3.36. The van der Waals surface area contributed by atoms with Crippen LogP contribution in [-0.4, -0.2) is 31.5 Å². The average molecular weight is 401 g/mol. The lowest BCUT2D eigenvalue weighted by atomic mass is 10.1. The van der Waals surface area contributed by atoms with Crippen molar-refractivity contribution in [2.75, 3.05) is 5.32 Å². The first-order chi connectivity index (χ1) is 13.4. The van der Waals surface area contributed by atoms with Crippen LogP contribution >= 0.6 is 11.3 Å². The first-order valence-electron chi connectivity index (χ1n) is 9.01. The van der Waals surface area contributed by atoms with Crippen molar-refractivity contribution >= 4 is 34.5 Å². The van der Waals surface area contributed by atoms with Gasteiger partial charge in [-0.2, -0.15) is 0 Å². The number of nitrogens with zero attached hydrogens (tertiary/aromatic N) is 4. The molecule has 3 aromatic heterocycles. The summed E-state index contributed by atoms with van der Waals surface area (Å²) < 4.78 is 7.51. The molecule has 3 N–H and O–H groups in total. The number of hydrogen-bond donors (Lipinski definition) is 2. The van der Waals surface area contributed by atoms with Crippen LogP contribution in [0.15, 0.2) is 29.3 Å². The van der Waals surface area contributed by atoms with Gasteiger partial charge in [-0.05, 0) is 12.0 Å². The molecule has 0 aliphatic carbocycles. The summed E-state index contributed by atoms with van der Waals surface area (Å²) in [5.41, 5.74) is 6.89. The number of aryl methyl sites for hydroxylation is 1. The van der Waals surface area contributed by atoms with Gasteiger partial charge in [0.1, 0.15) is 5.76 Å². The minimum Gasteiger partial charge on any atom is -0.442 e. The topological polar surface area (TPSA) is 112 Å². The van der Waals surface area contributed by atoms with Crippen LogP contribution in [0.3, 0.4) is 0 Å². The second-order valence-corrected chi connectivity index (χ2v) is 8.02. The molecule has 1 amide bonds. The van der Waals surface area contributed by atoms with Gasteiger partial charge in [-0.3, -0.25) is 4.79 Å². The Hall–Kier alpha value is -2.78. The quantitative estimate of drug-likeness (QED) is 0.601. The van der Waals surface area contributed by atoms with Crippen molar-refractivity contribution in [2.45, 2.75) is 32.7 Å². The zero-order chi connectivity index (χ0) is 20.1. The molecule has 3 aromatic rings. The molecule has 3 rings (SSSR count). The number of nitrogens with one attached hydrogen (secondary N) is 1. The molecule has 0 saturated carbocycles. The van der Waals surface area contributed by atoms with Crippen molar-refractivity contribution in [3.63, 3.8) is 0 Å². The van der Waals surface area contributed by atoms with Crippen LogP contribution < -0.4 is 11.1 Å². The van der Waals surface area contributed by atoms with E-state index in [0.717, 1.165) is 22.8 Å². The van der Waals surface area contributed by atoms with Crippen LogP contribution in [0.25, 0.3) is 12.2 Å².